The van der Waals surface area contributed by atoms with E-state index in [9.17, 15) is 0 Å². The van der Waals surface area contributed by atoms with Crippen molar-refractivity contribution in [2.45, 2.75) is 39.0 Å². The maximum Gasteiger partial charge on any atom is 0.213 e. The van der Waals surface area contributed by atoms with Gasteiger partial charge in [0.05, 0.1) is 18.4 Å². The predicted molar refractivity (Wildman–Crippen MR) is 119 cm³/mol. The maximum atomic E-state index is 6.43. The van der Waals surface area contributed by atoms with Crippen molar-refractivity contribution in [3.8, 4) is 11.5 Å². The Labute approximate surface area is 177 Å². The van der Waals surface area contributed by atoms with Crippen molar-refractivity contribution in [2.75, 3.05) is 6.61 Å². The highest BCUT2D eigenvalue weighted by Gasteiger charge is 2.40. The lowest BCUT2D eigenvalue weighted by molar-refractivity contribution is -0.0190. The topological polar surface area (TPSA) is 34.1 Å². The number of hydrazone groups is 1. The Balaban J connectivity index is 1.50. The monoisotopic (exact) mass is 398 g/mol. The smallest absolute Gasteiger partial charge is 0.213 e. The number of benzene rings is 3. The van der Waals surface area contributed by atoms with Gasteiger partial charge in [0.2, 0.25) is 6.23 Å². The summed E-state index contributed by atoms with van der Waals surface area (Å²) in [6, 6.07) is 25.3. The van der Waals surface area contributed by atoms with E-state index in [1.165, 1.54) is 16.7 Å². The molecule has 0 aromatic heterocycles. The first kappa shape index (κ1) is 18.7. The Hall–Kier alpha value is -3.27. The van der Waals surface area contributed by atoms with Gasteiger partial charge in [0, 0.05) is 17.5 Å². The number of rotatable bonds is 5. The van der Waals surface area contributed by atoms with Crippen molar-refractivity contribution in [3.05, 3.63) is 95.1 Å². The summed E-state index contributed by atoms with van der Waals surface area (Å²) in [7, 11) is 0. The highest BCUT2D eigenvalue weighted by molar-refractivity contribution is 6.02. The minimum atomic E-state index is -0.256. The van der Waals surface area contributed by atoms with E-state index in [0.717, 1.165) is 42.2 Å². The fourth-order valence-electron chi connectivity index (χ4n) is 4.12. The van der Waals surface area contributed by atoms with Crippen LogP contribution in [0, 0.1) is 6.92 Å². The van der Waals surface area contributed by atoms with Crippen LogP contribution < -0.4 is 9.47 Å². The quantitative estimate of drug-likeness (QED) is 0.526. The molecular weight excluding hydrogens is 372 g/mol. The number of aryl methyl sites for hydroxylation is 1. The number of hydrogen-bond acceptors (Lipinski definition) is 4. The van der Waals surface area contributed by atoms with Crippen molar-refractivity contribution in [1.82, 2.24) is 5.01 Å². The fourth-order valence-corrected chi connectivity index (χ4v) is 4.12. The molecule has 2 aliphatic rings. The zero-order valence-corrected chi connectivity index (χ0v) is 17.4. The molecule has 0 saturated carbocycles. The first-order chi connectivity index (χ1) is 14.7. The van der Waals surface area contributed by atoms with Crippen LogP contribution >= 0.6 is 0 Å². The fraction of sp³-hybridized carbons (Fsp3) is 0.269. The summed E-state index contributed by atoms with van der Waals surface area (Å²) >= 11 is 0. The molecular formula is C26H26N2O2. The second-order valence-corrected chi connectivity index (χ2v) is 7.94. The van der Waals surface area contributed by atoms with E-state index >= 15 is 0 Å². The number of para-hydroxylation sites is 1. The van der Waals surface area contributed by atoms with Crippen LogP contribution in [0.5, 0.6) is 11.5 Å². The average Bonchev–Trinajstić information content (AvgIpc) is 3.24. The highest BCUT2D eigenvalue weighted by atomic mass is 16.5. The van der Waals surface area contributed by atoms with Crippen LogP contribution in [0.3, 0.4) is 0 Å². The van der Waals surface area contributed by atoms with Gasteiger partial charge < -0.3 is 9.47 Å². The summed E-state index contributed by atoms with van der Waals surface area (Å²) in [6.07, 6.45) is 1.61. The van der Waals surface area contributed by atoms with Gasteiger partial charge in [0.15, 0.2) is 0 Å². The van der Waals surface area contributed by atoms with Gasteiger partial charge in [0.25, 0.3) is 0 Å². The molecule has 0 spiro atoms. The Morgan fingerprint density at radius 2 is 1.77 bits per heavy atom. The molecule has 0 fully saturated rings. The Kier molecular flexibility index (Phi) is 4.91. The van der Waals surface area contributed by atoms with Crippen molar-refractivity contribution >= 4 is 5.71 Å². The Bertz CT molecular complexity index is 1060. The molecule has 30 heavy (non-hydrogen) atoms. The molecule has 3 aromatic carbocycles. The lowest BCUT2D eigenvalue weighted by Crippen LogP contribution is -2.33. The van der Waals surface area contributed by atoms with Crippen molar-refractivity contribution in [1.29, 1.82) is 0 Å². The van der Waals surface area contributed by atoms with Gasteiger partial charge in [-0.1, -0.05) is 55.0 Å². The molecule has 4 heteroatoms. The van der Waals surface area contributed by atoms with Gasteiger partial charge in [0.1, 0.15) is 11.5 Å². The van der Waals surface area contributed by atoms with E-state index in [4.69, 9.17) is 14.6 Å². The lowest BCUT2D eigenvalue weighted by Gasteiger charge is -2.38. The first-order valence-corrected chi connectivity index (χ1v) is 10.6. The van der Waals surface area contributed by atoms with Gasteiger partial charge in [-0.15, -0.1) is 0 Å². The van der Waals surface area contributed by atoms with Crippen LogP contribution in [-0.4, -0.2) is 17.3 Å². The number of ether oxygens (including phenoxy) is 2. The van der Waals surface area contributed by atoms with Crippen molar-refractivity contribution in [2.24, 2.45) is 5.10 Å². The molecule has 152 valence electrons. The molecule has 2 atom stereocenters. The third-order valence-electron chi connectivity index (χ3n) is 5.72. The Morgan fingerprint density at radius 1 is 1.00 bits per heavy atom. The molecule has 5 rings (SSSR count). The maximum absolute atomic E-state index is 6.43. The molecule has 0 bridgehead atoms. The van der Waals surface area contributed by atoms with Gasteiger partial charge in [-0.05, 0) is 49.2 Å². The summed E-state index contributed by atoms with van der Waals surface area (Å²) in [5.74, 6) is 1.83. The highest BCUT2D eigenvalue weighted by Crippen LogP contribution is 2.47. The van der Waals surface area contributed by atoms with Crippen LogP contribution in [0.25, 0.3) is 0 Å². The largest absolute Gasteiger partial charge is 0.494 e. The third kappa shape index (κ3) is 3.43. The van der Waals surface area contributed by atoms with E-state index in [-0.39, 0.29) is 12.3 Å². The van der Waals surface area contributed by atoms with Crippen LogP contribution in [0.4, 0.5) is 0 Å². The lowest BCUT2D eigenvalue weighted by atomic mass is 9.95. The molecule has 0 amide bonds. The van der Waals surface area contributed by atoms with Gasteiger partial charge in [-0.25, -0.2) is 5.01 Å². The van der Waals surface area contributed by atoms with E-state index < -0.39 is 0 Å². The molecule has 2 heterocycles. The van der Waals surface area contributed by atoms with E-state index in [1.54, 1.807) is 0 Å². The number of nitrogens with zero attached hydrogens (tertiary/aromatic N) is 2. The van der Waals surface area contributed by atoms with E-state index in [1.807, 2.05) is 18.2 Å². The van der Waals surface area contributed by atoms with Crippen molar-refractivity contribution in [3.63, 3.8) is 0 Å². The van der Waals surface area contributed by atoms with Gasteiger partial charge >= 0.3 is 0 Å². The summed E-state index contributed by atoms with van der Waals surface area (Å²) in [5.41, 5.74) is 5.81. The Morgan fingerprint density at radius 3 is 2.53 bits per heavy atom. The number of hydrogen-bond donors (Lipinski definition) is 0. The van der Waals surface area contributed by atoms with Gasteiger partial charge in [-0.3, -0.25) is 0 Å². The molecule has 4 nitrogen and oxygen atoms in total. The second kappa shape index (κ2) is 7.86. The minimum Gasteiger partial charge on any atom is -0.494 e. The van der Waals surface area contributed by atoms with Crippen LogP contribution in [0.1, 0.15) is 54.3 Å². The number of fused-ring (bicyclic) bond motifs is 3. The molecule has 0 aliphatic carbocycles. The van der Waals surface area contributed by atoms with Crippen LogP contribution in [-0.2, 0) is 0 Å². The summed E-state index contributed by atoms with van der Waals surface area (Å²) in [6.45, 7) is 4.95. The molecule has 3 aromatic rings. The van der Waals surface area contributed by atoms with E-state index in [2.05, 4.69) is 73.5 Å². The first-order valence-electron chi connectivity index (χ1n) is 10.6. The molecule has 0 N–H and O–H groups in total. The molecule has 0 saturated heterocycles. The average molecular weight is 399 g/mol. The molecule has 0 radical (unpaired) electrons. The summed E-state index contributed by atoms with van der Waals surface area (Å²) in [5, 5.41) is 7.16. The predicted octanol–water partition coefficient (Wildman–Crippen LogP) is 6.03. The molecule has 0 unspecified atom stereocenters. The van der Waals surface area contributed by atoms with E-state index in [0.29, 0.717) is 0 Å². The standard InChI is InChI=1S/C26H26N2O2/c1-3-16-29-21-14-12-20(13-15-21)26-28-24(22-6-4-5-7-25(22)30-26)17-23(27-28)19-10-8-18(2)9-11-19/h4-15,24,26H,3,16-17H2,1-2H3/t24-,26+/m0/s1. The third-order valence-corrected chi connectivity index (χ3v) is 5.72. The van der Waals surface area contributed by atoms with Gasteiger partial charge in [-0.2, -0.15) is 5.10 Å². The zero-order valence-electron chi connectivity index (χ0n) is 17.4. The SMILES string of the molecule is CCCOc1ccc([C@H]2Oc3ccccc3[C@@H]3CC(c4ccc(C)cc4)=NN23)cc1. The normalized spacial score (nSPS) is 19.5. The second-order valence-electron chi connectivity index (χ2n) is 7.94. The summed E-state index contributed by atoms with van der Waals surface area (Å²) in [4.78, 5) is 0. The van der Waals surface area contributed by atoms with Crippen LogP contribution in [0.2, 0.25) is 0 Å². The summed E-state index contributed by atoms with van der Waals surface area (Å²) < 4.78 is 12.2. The van der Waals surface area contributed by atoms with Crippen LogP contribution in [0.15, 0.2) is 77.9 Å². The zero-order chi connectivity index (χ0) is 20.5. The van der Waals surface area contributed by atoms with Crippen molar-refractivity contribution < 1.29 is 9.47 Å². The molecule has 2 aliphatic heterocycles. The minimum absolute atomic E-state index is 0.173.